The molecule has 0 aromatic carbocycles. The zero-order valence-electron chi connectivity index (χ0n) is 16.2. The summed E-state index contributed by atoms with van der Waals surface area (Å²) in [5.41, 5.74) is 0. The van der Waals surface area contributed by atoms with E-state index in [0.29, 0.717) is 0 Å². The highest BCUT2D eigenvalue weighted by molar-refractivity contribution is 5.78. The van der Waals surface area contributed by atoms with Gasteiger partial charge < -0.3 is 5.32 Å². The first-order valence-electron chi connectivity index (χ1n) is 8.51. The SMILES string of the molecule is C.C.CCC(C)C(=O)NCCC(F)(F)C(F)(F)C(F)(F)C(F)(F)C(F)(F)C(F)(F)C(F)(F)C(F)F. The van der Waals surface area contributed by atoms with Gasteiger partial charge >= 0.3 is 47.9 Å². The predicted octanol–water partition coefficient (Wildman–Crippen LogP) is 7.52. The van der Waals surface area contributed by atoms with Crippen LogP contribution >= 0.6 is 0 Å². The molecule has 0 saturated carbocycles. The van der Waals surface area contributed by atoms with Crippen molar-refractivity contribution in [3.63, 3.8) is 0 Å². The predicted molar refractivity (Wildman–Crippen MR) is 91.2 cm³/mol. The molecule has 214 valence electrons. The lowest BCUT2D eigenvalue weighted by Crippen LogP contribution is -2.73. The average Bonchev–Trinajstić information content (AvgIpc) is 2.65. The fourth-order valence-electron chi connectivity index (χ4n) is 2.03. The lowest BCUT2D eigenvalue weighted by Gasteiger charge is -2.42. The minimum atomic E-state index is -8.41. The van der Waals surface area contributed by atoms with Crippen molar-refractivity contribution in [2.24, 2.45) is 5.92 Å². The molecule has 0 aliphatic carbocycles. The Labute approximate surface area is 189 Å². The lowest BCUT2D eigenvalue weighted by atomic mass is 9.88. The van der Waals surface area contributed by atoms with Crippen LogP contribution in [0.2, 0.25) is 0 Å². The van der Waals surface area contributed by atoms with Crippen molar-refractivity contribution in [1.29, 1.82) is 0 Å². The Balaban J connectivity index is -0.00000512. The van der Waals surface area contributed by atoms with E-state index in [-0.39, 0.29) is 21.3 Å². The maximum atomic E-state index is 13.6. The number of nitrogens with one attached hydrogen (secondary N) is 1. The van der Waals surface area contributed by atoms with E-state index < -0.39 is 72.7 Å². The smallest absolute Gasteiger partial charge is 0.356 e. The Bertz CT molecular complexity index is 692. The zero-order chi connectivity index (χ0) is 27.1. The highest BCUT2D eigenvalue weighted by atomic mass is 19.4. The monoisotopic (exact) mass is 561 g/mol. The Morgan fingerprint density at radius 1 is 0.686 bits per heavy atom. The highest BCUT2D eigenvalue weighted by Crippen LogP contribution is 2.63. The van der Waals surface area contributed by atoms with Gasteiger partial charge in [0.1, 0.15) is 0 Å². The number of hydrogen-bond donors (Lipinski definition) is 1. The summed E-state index contributed by atoms with van der Waals surface area (Å²) in [4.78, 5) is 11.3. The van der Waals surface area contributed by atoms with Gasteiger partial charge in [-0.05, 0) is 6.42 Å². The molecule has 0 aliphatic heterocycles. The minimum Gasteiger partial charge on any atom is -0.356 e. The van der Waals surface area contributed by atoms with Crippen molar-refractivity contribution in [3.05, 3.63) is 0 Å². The van der Waals surface area contributed by atoms with Crippen LogP contribution in [0.4, 0.5) is 70.2 Å². The number of carbonyl (C=O) groups excluding carboxylic acids is 1. The summed E-state index contributed by atoms with van der Waals surface area (Å²) < 4.78 is 210. The van der Waals surface area contributed by atoms with Gasteiger partial charge in [-0.1, -0.05) is 28.7 Å². The first kappa shape index (κ1) is 37.9. The van der Waals surface area contributed by atoms with Crippen molar-refractivity contribution in [3.8, 4) is 0 Å². The second-order valence-electron chi connectivity index (χ2n) is 6.85. The van der Waals surface area contributed by atoms with Crippen LogP contribution in [0.25, 0.3) is 0 Å². The summed E-state index contributed by atoms with van der Waals surface area (Å²) in [6.45, 7) is 0.959. The third-order valence-corrected chi connectivity index (χ3v) is 4.53. The van der Waals surface area contributed by atoms with Crippen LogP contribution in [0.3, 0.4) is 0 Å². The van der Waals surface area contributed by atoms with Gasteiger partial charge in [0.05, 0.1) is 0 Å². The molecule has 0 fully saturated rings. The summed E-state index contributed by atoms with van der Waals surface area (Å²) >= 11 is 0. The molecule has 0 heterocycles. The maximum Gasteiger partial charge on any atom is 0.384 e. The van der Waals surface area contributed by atoms with E-state index in [2.05, 4.69) is 0 Å². The van der Waals surface area contributed by atoms with Gasteiger partial charge in [-0.2, -0.15) is 61.5 Å². The van der Waals surface area contributed by atoms with Crippen molar-refractivity contribution in [2.45, 2.75) is 89.4 Å². The molecule has 0 radical (unpaired) electrons. The molecule has 18 heteroatoms. The second kappa shape index (κ2) is 11.2. The molecular weight excluding hydrogens is 538 g/mol. The van der Waals surface area contributed by atoms with Crippen molar-refractivity contribution in [2.75, 3.05) is 6.54 Å². The maximum absolute atomic E-state index is 13.6. The molecule has 0 aromatic heterocycles. The van der Waals surface area contributed by atoms with Gasteiger partial charge in [0.2, 0.25) is 5.91 Å². The fraction of sp³-hybridized carbons (Fsp3) is 0.941. The fourth-order valence-corrected chi connectivity index (χ4v) is 2.03. The van der Waals surface area contributed by atoms with Crippen LogP contribution in [0.15, 0.2) is 0 Å². The normalized spacial score (nSPS) is 15.3. The molecule has 1 amide bonds. The molecular formula is C17H23F16NO. The number of amides is 1. The molecule has 0 spiro atoms. The van der Waals surface area contributed by atoms with Gasteiger partial charge in [0.25, 0.3) is 0 Å². The summed E-state index contributed by atoms with van der Waals surface area (Å²) in [6, 6.07) is 0. The summed E-state index contributed by atoms with van der Waals surface area (Å²) in [5, 5.41) is 1.50. The number of hydrogen-bond acceptors (Lipinski definition) is 1. The zero-order valence-corrected chi connectivity index (χ0v) is 16.2. The van der Waals surface area contributed by atoms with Gasteiger partial charge in [-0.15, -0.1) is 0 Å². The van der Waals surface area contributed by atoms with E-state index in [1.807, 2.05) is 0 Å². The molecule has 0 aliphatic rings. The highest BCUT2D eigenvalue weighted by Gasteiger charge is 2.93. The largest absolute Gasteiger partial charge is 0.384 e. The van der Waals surface area contributed by atoms with E-state index >= 15 is 0 Å². The number of carbonyl (C=O) groups is 1. The quantitative estimate of drug-likeness (QED) is 0.246. The molecule has 1 atom stereocenters. The topological polar surface area (TPSA) is 29.1 Å². The third kappa shape index (κ3) is 5.85. The van der Waals surface area contributed by atoms with Gasteiger partial charge in [-0.3, -0.25) is 4.79 Å². The van der Waals surface area contributed by atoms with E-state index in [9.17, 15) is 75.0 Å². The third-order valence-electron chi connectivity index (χ3n) is 4.53. The second-order valence-corrected chi connectivity index (χ2v) is 6.85. The van der Waals surface area contributed by atoms with Crippen molar-refractivity contribution in [1.82, 2.24) is 5.32 Å². The first-order chi connectivity index (χ1) is 14.3. The van der Waals surface area contributed by atoms with E-state index in [4.69, 9.17) is 0 Å². The van der Waals surface area contributed by atoms with E-state index in [1.54, 1.807) is 0 Å². The van der Waals surface area contributed by atoms with Gasteiger partial charge in [-0.25, -0.2) is 8.78 Å². The van der Waals surface area contributed by atoms with Crippen molar-refractivity contribution >= 4 is 5.91 Å². The summed E-state index contributed by atoms with van der Waals surface area (Å²) in [5.74, 6) is -56.6. The van der Waals surface area contributed by atoms with Crippen LogP contribution in [0.5, 0.6) is 0 Å². The van der Waals surface area contributed by atoms with Crippen LogP contribution < -0.4 is 5.32 Å². The lowest BCUT2D eigenvalue weighted by molar-refractivity contribution is -0.447. The van der Waals surface area contributed by atoms with Crippen LogP contribution in [-0.4, -0.2) is 60.3 Å². The Morgan fingerprint density at radius 3 is 1.37 bits per heavy atom. The average molecular weight is 561 g/mol. The van der Waals surface area contributed by atoms with Gasteiger partial charge in [0, 0.05) is 18.9 Å². The van der Waals surface area contributed by atoms with Gasteiger partial charge in [0.15, 0.2) is 0 Å². The molecule has 35 heavy (non-hydrogen) atoms. The first-order valence-corrected chi connectivity index (χ1v) is 8.51. The number of alkyl halides is 16. The molecule has 0 aromatic rings. The van der Waals surface area contributed by atoms with Crippen LogP contribution in [0, 0.1) is 5.92 Å². The molecule has 0 bridgehead atoms. The molecule has 1 N–H and O–H groups in total. The van der Waals surface area contributed by atoms with E-state index in [0.717, 1.165) is 0 Å². The number of halogens is 16. The van der Waals surface area contributed by atoms with Crippen molar-refractivity contribution < 1.29 is 75.0 Å². The van der Waals surface area contributed by atoms with E-state index in [1.165, 1.54) is 19.2 Å². The summed E-state index contributed by atoms with van der Waals surface area (Å²) in [7, 11) is 0. The molecule has 2 nitrogen and oxygen atoms in total. The molecule has 0 rings (SSSR count). The number of rotatable bonds is 12. The Morgan fingerprint density at radius 2 is 1.03 bits per heavy atom. The Kier molecular flexibility index (Phi) is 12.1. The standard InChI is InChI=1S/C15H15F16NO.2CH4/c1-3-6(2)7(33)32-5-4-9(18,19)11(22,23)13(26,27)15(30,31)14(28,29)12(24,25)10(20,21)8(16)17;;/h6,8H,3-5H2,1-2H3,(H,32,33);2*1H4. The Hall–Kier alpha value is -1.65. The minimum absolute atomic E-state index is 0. The van der Waals surface area contributed by atoms with Crippen LogP contribution in [0.1, 0.15) is 41.5 Å². The molecule has 1 unspecified atom stereocenters. The summed E-state index contributed by atoms with van der Waals surface area (Å²) in [6.07, 6.45) is -8.43. The molecule has 0 saturated heterocycles. The van der Waals surface area contributed by atoms with Crippen LogP contribution in [-0.2, 0) is 4.79 Å².